The summed E-state index contributed by atoms with van der Waals surface area (Å²) in [6.45, 7) is 1.75. The van der Waals surface area contributed by atoms with E-state index < -0.39 is 36.0 Å². The molecule has 1 fully saturated rings. The first-order valence-electron chi connectivity index (χ1n) is 10.6. The van der Waals surface area contributed by atoms with Crippen LogP contribution in [0.15, 0.2) is 42.5 Å². The van der Waals surface area contributed by atoms with Gasteiger partial charge in [-0.3, -0.25) is 19.2 Å². The van der Waals surface area contributed by atoms with Crippen molar-refractivity contribution in [2.75, 3.05) is 25.0 Å². The number of ketones is 1. The largest absolute Gasteiger partial charge is 0.457 e. The lowest BCUT2D eigenvalue weighted by Gasteiger charge is -2.31. The number of hydrogen-bond acceptors (Lipinski definition) is 5. The van der Waals surface area contributed by atoms with E-state index in [2.05, 4.69) is 5.32 Å². The number of hydrogen-bond donors (Lipinski definition) is 1. The summed E-state index contributed by atoms with van der Waals surface area (Å²) in [5.74, 6) is -3.79. The van der Waals surface area contributed by atoms with E-state index >= 15 is 0 Å². The first-order chi connectivity index (χ1) is 15.8. The number of benzene rings is 2. The zero-order valence-corrected chi connectivity index (χ0v) is 18.1. The van der Waals surface area contributed by atoms with E-state index in [-0.39, 0.29) is 30.3 Å². The first kappa shape index (κ1) is 24.0. The molecule has 1 heterocycles. The molecule has 1 aliphatic rings. The van der Waals surface area contributed by atoms with Gasteiger partial charge in [-0.2, -0.15) is 0 Å². The second kappa shape index (κ2) is 10.8. The summed E-state index contributed by atoms with van der Waals surface area (Å²) in [5.41, 5.74) is 0.694. The molecule has 7 nitrogen and oxygen atoms in total. The lowest BCUT2D eigenvalue weighted by Crippen LogP contribution is -2.41. The molecule has 0 atom stereocenters. The molecule has 0 radical (unpaired) electrons. The van der Waals surface area contributed by atoms with E-state index in [4.69, 9.17) is 4.74 Å². The first-order valence-corrected chi connectivity index (χ1v) is 10.6. The number of rotatable bonds is 7. The van der Waals surface area contributed by atoms with Crippen molar-refractivity contribution >= 4 is 29.3 Å². The minimum Gasteiger partial charge on any atom is -0.457 e. The second-order valence-electron chi connectivity index (χ2n) is 7.70. The summed E-state index contributed by atoms with van der Waals surface area (Å²) in [4.78, 5) is 49.9. The van der Waals surface area contributed by atoms with Crippen LogP contribution in [0.5, 0.6) is 0 Å². The summed E-state index contributed by atoms with van der Waals surface area (Å²) < 4.78 is 32.1. The molecular weight excluding hydrogens is 434 g/mol. The number of esters is 1. The Hall–Kier alpha value is -3.62. The summed E-state index contributed by atoms with van der Waals surface area (Å²) in [6.07, 6.45) is 0.966. The van der Waals surface area contributed by atoms with Gasteiger partial charge >= 0.3 is 5.97 Å². The number of nitrogens with one attached hydrogen (secondary N) is 1. The van der Waals surface area contributed by atoms with Crippen LogP contribution in [0, 0.1) is 17.6 Å². The van der Waals surface area contributed by atoms with Crippen molar-refractivity contribution in [3.05, 3.63) is 65.2 Å². The van der Waals surface area contributed by atoms with Crippen LogP contribution in [-0.2, 0) is 14.3 Å². The number of ether oxygens (including phenoxy) is 1. The molecule has 1 aliphatic heterocycles. The van der Waals surface area contributed by atoms with Crippen LogP contribution in [0.2, 0.25) is 0 Å². The minimum atomic E-state index is -0.930. The molecule has 2 aromatic rings. The van der Waals surface area contributed by atoms with Gasteiger partial charge < -0.3 is 15.0 Å². The summed E-state index contributed by atoms with van der Waals surface area (Å²) in [7, 11) is 0. The van der Waals surface area contributed by atoms with Crippen LogP contribution < -0.4 is 5.32 Å². The van der Waals surface area contributed by atoms with Gasteiger partial charge in [0.2, 0.25) is 5.91 Å². The molecule has 1 N–H and O–H groups in total. The average molecular weight is 458 g/mol. The molecule has 2 amide bonds. The van der Waals surface area contributed by atoms with Gasteiger partial charge in [0.1, 0.15) is 11.6 Å². The highest BCUT2D eigenvalue weighted by molar-refractivity contribution is 5.99. The molecule has 0 bridgehead atoms. The Morgan fingerprint density at radius 3 is 2.30 bits per heavy atom. The lowest BCUT2D eigenvalue weighted by molar-refractivity contribution is -0.148. The Morgan fingerprint density at radius 2 is 1.70 bits per heavy atom. The van der Waals surface area contributed by atoms with Gasteiger partial charge in [-0.1, -0.05) is 6.92 Å². The fraction of sp³-hybridized carbons (Fsp3) is 0.333. The Labute approximate surface area is 189 Å². The summed E-state index contributed by atoms with van der Waals surface area (Å²) in [6, 6.07) is 9.05. The number of anilines is 1. The van der Waals surface area contributed by atoms with Gasteiger partial charge in [0.25, 0.3) is 5.91 Å². The Balaban J connectivity index is 1.46. The van der Waals surface area contributed by atoms with Crippen LogP contribution in [-0.4, -0.2) is 48.2 Å². The molecule has 0 aromatic heterocycles. The van der Waals surface area contributed by atoms with Gasteiger partial charge in [0.15, 0.2) is 12.4 Å². The number of amides is 2. The third-order valence-electron chi connectivity index (χ3n) is 5.43. The fourth-order valence-corrected chi connectivity index (χ4v) is 3.48. The van der Waals surface area contributed by atoms with Crippen LogP contribution >= 0.6 is 0 Å². The third-order valence-corrected chi connectivity index (χ3v) is 5.43. The van der Waals surface area contributed by atoms with Crippen molar-refractivity contribution in [3.63, 3.8) is 0 Å². The Kier molecular flexibility index (Phi) is 7.87. The Morgan fingerprint density at radius 1 is 1.03 bits per heavy atom. The van der Waals surface area contributed by atoms with Gasteiger partial charge in [-0.05, 0) is 49.2 Å². The summed E-state index contributed by atoms with van der Waals surface area (Å²) >= 11 is 0. The van der Waals surface area contributed by atoms with E-state index in [1.807, 2.05) is 0 Å². The van der Waals surface area contributed by atoms with E-state index in [9.17, 15) is 28.0 Å². The number of carbonyl (C=O) groups is 4. The summed E-state index contributed by atoms with van der Waals surface area (Å²) in [5, 5.41) is 2.68. The zero-order valence-electron chi connectivity index (χ0n) is 18.1. The standard InChI is InChI=1S/C24H24F2N2O5/c1-2-22(30)27-18-6-3-15(4-7-18)21(29)14-33-24(32)16-9-11-28(12-10-16)23(31)19-8-5-17(25)13-20(19)26/h3-8,13,16H,2,9-12,14H2,1H3,(H,27,30). The number of piperidine rings is 1. The quantitative estimate of drug-likeness (QED) is 0.506. The number of likely N-dealkylation sites (tertiary alicyclic amines) is 1. The maximum absolute atomic E-state index is 13.9. The highest BCUT2D eigenvalue weighted by Gasteiger charge is 2.30. The van der Waals surface area contributed by atoms with Crippen molar-refractivity contribution in [1.29, 1.82) is 0 Å². The van der Waals surface area contributed by atoms with Gasteiger partial charge in [0.05, 0.1) is 11.5 Å². The maximum Gasteiger partial charge on any atom is 0.309 e. The molecule has 0 unspecified atom stereocenters. The normalized spacial score (nSPS) is 14.0. The number of halogens is 2. The predicted octanol–water partition coefficient (Wildman–Crippen LogP) is 3.59. The number of carbonyl (C=O) groups excluding carboxylic acids is 4. The van der Waals surface area contributed by atoms with Crippen molar-refractivity contribution in [3.8, 4) is 0 Å². The van der Waals surface area contributed by atoms with Crippen LogP contribution in [0.4, 0.5) is 14.5 Å². The molecule has 1 saturated heterocycles. The van der Waals surface area contributed by atoms with E-state index in [0.717, 1.165) is 12.1 Å². The smallest absolute Gasteiger partial charge is 0.309 e. The molecule has 0 aliphatic carbocycles. The van der Waals surface area contributed by atoms with E-state index in [1.54, 1.807) is 31.2 Å². The minimum absolute atomic E-state index is 0.140. The van der Waals surface area contributed by atoms with Gasteiger partial charge in [-0.15, -0.1) is 0 Å². The second-order valence-corrected chi connectivity index (χ2v) is 7.70. The Bertz CT molecular complexity index is 1050. The number of nitrogens with zero attached hydrogens (tertiary/aromatic N) is 1. The lowest BCUT2D eigenvalue weighted by atomic mass is 9.96. The fourth-order valence-electron chi connectivity index (χ4n) is 3.48. The molecule has 9 heteroatoms. The van der Waals surface area contributed by atoms with Gasteiger partial charge in [-0.25, -0.2) is 8.78 Å². The molecule has 174 valence electrons. The van der Waals surface area contributed by atoms with Crippen molar-refractivity contribution < 1.29 is 32.7 Å². The SMILES string of the molecule is CCC(=O)Nc1ccc(C(=O)COC(=O)C2CCN(C(=O)c3ccc(F)cc3F)CC2)cc1. The zero-order chi connectivity index (χ0) is 24.0. The monoisotopic (exact) mass is 458 g/mol. The van der Waals surface area contributed by atoms with Crippen molar-refractivity contribution in [2.45, 2.75) is 26.2 Å². The number of Topliss-reactive ketones (excluding diaryl/α,β-unsaturated/α-hetero) is 1. The average Bonchev–Trinajstić information content (AvgIpc) is 2.82. The van der Waals surface area contributed by atoms with Crippen LogP contribution in [0.3, 0.4) is 0 Å². The maximum atomic E-state index is 13.9. The van der Waals surface area contributed by atoms with Crippen molar-refractivity contribution in [2.24, 2.45) is 5.92 Å². The molecule has 33 heavy (non-hydrogen) atoms. The molecule has 3 rings (SSSR count). The van der Waals surface area contributed by atoms with Crippen molar-refractivity contribution in [1.82, 2.24) is 4.90 Å². The highest BCUT2D eigenvalue weighted by atomic mass is 19.1. The third kappa shape index (κ3) is 6.21. The molecule has 2 aromatic carbocycles. The van der Waals surface area contributed by atoms with E-state index in [1.165, 1.54) is 4.90 Å². The van der Waals surface area contributed by atoms with Crippen LogP contribution in [0.25, 0.3) is 0 Å². The van der Waals surface area contributed by atoms with Crippen LogP contribution in [0.1, 0.15) is 46.9 Å². The highest BCUT2D eigenvalue weighted by Crippen LogP contribution is 2.22. The van der Waals surface area contributed by atoms with E-state index in [0.29, 0.717) is 36.6 Å². The van der Waals surface area contributed by atoms with Gasteiger partial charge in [0, 0.05) is 36.8 Å². The molecule has 0 saturated carbocycles. The molecular formula is C24H24F2N2O5. The topological polar surface area (TPSA) is 92.8 Å². The predicted molar refractivity (Wildman–Crippen MR) is 116 cm³/mol. The molecule has 0 spiro atoms.